The summed E-state index contributed by atoms with van der Waals surface area (Å²) >= 11 is 0. The van der Waals surface area contributed by atoms with Gasteiger partial charge in [0.05, 0.1) is 6.04 Å². The van der Waals surface area contributed by atoms with E-state index >= 15 is 0 Å². The Kier molecular flexibility index (Phi) is 2.59. The van der Waals surface area contributed by atoms with E-state index in [1.54, 1.807) is 0 Å². The minimum absolute atomic E-state index is 0.304. The third kappa shape index (κ3) is 1.88. The van der Waals surface area contributed by atoms with Gasteiger partial charge in [-0.2, -0.15) is 4.98 Å². The lowest BCUT2D eigenvalue weighted by atomic mass is 10.2. The Morgan fingerprint density at radius 3 is 3.23 bits per heavy atom. The van der Waals surface area contributed by atoms with E-state index in [-0.39, 0.29) is 0 Å². The molecule has 0 bridgehead atoms. The number of hydrogen-bond donors (Lipinski definition) is 1. The maximum absolute atomic E-state index is 5.18. The second-order valence-electron chi connectivity index (χ2n) is 3.45. The molecule has 1 N–H and O–H groups in total. The molecule has 4 nitrogen and oxygen atoms in total. The highest BCUT2D eigenvalue weighted by Crippen LogP contribution is 2.21. The fourth-order valence-corrected chi connectivity index (χ4v) is 1.63. The van der Waals surface area contributed by atoms with Crippen LogP contribution < -0.4 is 5.32 Å². The van der Waals surface area contributed by atoms with Crippen LogP contribution in [-0.4, -0.2) is 16.7 Å². The fraction of sp³-hybridized carbons (Fsp3) is 0.778. The predicted octanol–water partition coefficient (Wildman–Crippen LogP) is 1.45. The van der Waals surface area contributed by atoms with Gasteiger partial charge in [0, 0.05) is 6.42 Å². The van der Waals surface area contributed by atoms with Crippen molar-refractivity contribution in [2.45, 2.75) is 38.6 Å². The molecule has 0 radical (unpaired) electrons. The summed E-state index contributed by atoms with van der Waals surface area (Å²) in [5.41, 5.74) is 0. The van der Waals surface area contributed by atoms with E-state index in [4.69, 9.17) is 4.52 Å². The van der Waals surface area contributed by atoms with E-state index in [0.717, 1.165) is 37.5 Å². The fourth-order valence-electron chi connectivity index (χ4n) is 1.63. The van der Waals surface area contributed by atoms with E-state index in [2.05, 4.69) is 22.4 Å². The quantitative estimate of drug-likeness (QED) is 0.766. The third-order valence-corrected chi connectivity index (χ3v) is 2.32. The average molecular weight is 181 g/mol. The van der Waals surface area contributed by atoms with Gasteiger partial charge in [-0.1, -0.05) is 12.1 Å². The van der Waals surface area contributed by atoms with Gasteiger partial charge in [-0.3, -0.25) is 0 Å². The molecule has 2 rings (SSSR count). The minimum Gasteiger partial charge on any atom is -0.338 e. The maximum atomic E-state index is 5.18. The summed E-state index contributed by atoms with van der Waals surface area (Å²) in [4.78, 5) is 4.34. The van der Waals surface area contributed by atoms with Crippen LogP contribution in [0.15, 0.2) is 4.52 Å². The van der Waals surface area contributed by atoms with Crippen LogP contribution >= 0.6 is 0 Å². The van der Waals surface area contributed by atoms with Gasteiger partial charge in [0.25, 0.3) is 0 Å². The summed E-state index contributed by atoms with van der Waals surface area (Å²) in [6.45, 7) is 3.18. The molecule has 1 aliphatic rings. The average Bonchev–Trinajstić information content (AvgIpc) is 2.70. The molecule has 72 valence electrons. The summed E-state index contributed by atoms with van der Waals surface area (Å²) in [7, 11) is 0. The van der Waals surface area contributed by atoms with Gasteiger partial charge in [-0.25, -0.2) is 0 Å². The van der Waals surface area contributed by atoms with Crippen LogP contribution in [0.4, 0.5) is 0 Å². The molecule has 1 fully saturated rings. The van der Waals surface area contributed by atoms with Crippen molar-refractivity contribution in [1.29, 1.82) is 0 Å². The molecule has 1 saturated heterocycles. The molecule has 1 unspecified atom stereocenters. The van der Waals surface area contributed by atoms with Crippen LogP contribution in [0, 0.1) is 0 Å². The predicted molar refractivity (Wildman–Crippen MR) is 48.3 cm³/mol. The first-order valence-corrected chi connectivity index (χ1v) is 4.96. The number of hydrogen-bond acceptors (Lipinski definition) is 4. The number of aromatic nitrogens is 2. The zero-order valence-electron chi connectivity index (χ0n) is 7.92. The van der Waals surface area contributed by atoms with E-state index < -0.39 is 0 Å². The van der Waals surface area contributed by atoms with Crippen molar-refractivity contribution in [3.05, 3.63) is 11.7 Å². The van der Waals surface area contributed by atoms with E-state index in [0.29, 0.717) is 6.04 Å². The smallest absolute Gasteiger partial charge is 0.243 e. The molecule has 1 atom stereocenters. The van der Waals surface area contributed by atoms with E-state index in [1.165, 1.54) is 6.42 Å². The Morgan fingerprint density at radius 2 is 2.54 bits per heavy atom. The molecule has 1 aliphatic heterocycles. The molecular weight excluding hydrogens is 166 g/mol. The Balaban J connectivity index is 2.03. The van der Waals surface area contributed by atoms with Crippen LogP contribution in [0.25, 0.3) is 0 Å². The molecule has 2 heterocycles. The van der Waals surface area contributed by atoms with Gasteiger partial charge >= 0.3 is 0 Å². The Hall–Kier alpha value is -0.900. The lowest BCUT2D eigenvalue weighted by molar-refractivity contribution is 0.341. The molecule has 1 aromatic heterocycles. The highest BCUT2D eigenvalue weighted by molar-refractivity contribution is 4.95. The third-order valence-electron chi connectivity index (χ3n) is 2.32. The van der Waals surface area contributed by atoms with E-state index in [1.807, 2.05) is 0 Å². The highest BCUT2D eigenvalue weighted by Gasteiger charge is 2.21. The molecule has 0 saturated carbocycles. The molecule has 13 heavy (non-hydrogen) atoms. The molecule has 0 amide bonds. The molecule has 0 aromatic carbocycles. The lowest BCUT2D eigenvalue weighted by Crippen LogP contribution is -2.13. The van der Waals surface area contributed by atoms with Gasteiger partial charge in [0.2, 0.25) is 5.89 Å². The highest BCUT2D eigenvalue weighted by atomic mass is 16.5. The van der Waals surface area contributed by atoms with Crippen molar-refractivity contribution in [1.82, 2.24) is 15.5 Å². The van der Waals surface area contributed by atoms with Crippen LogP contribution in [0.1, 0.15) is 43.9 Å². The SMILES string of the molecule is CCCc1noc(C2CCCN2)n1. The largest absolute Gasteiger partial charge is 0.338 e. The normalized spacial score (nSPS) is 22.4. The molecule has 0 spiro atoms. The maximum Gasteiger partial charge on any atom is 0.243 e. The minimum atomic E-state index is 0.304. The number of rotatable bonds is 3. The second kappa shape index (κ2) is 3.87. The Labute approximate surface area is 77.7 Å². The number of nitrogens with zero attached hydrogens (tertiary/aromatic N) is 2. The van der Waals surface area contributed by atoms with Gasteiger partial charge in [-0.15, -0.1) is 0 Å². The summed E-state index contributed by atoms with van der Waals surface area (Å²) in [6.07, 6.45) is 4.30. The first kappa shape index (κ1) is 8.69. The van der Waals surface area contributed by atoms with Crippen LogP contribution in [0.5, 0.6) is 0 Å². The van der Waals surface area contributed by atoms with Crippen molar-refractivity contribution < 1.29 is 4.52 Å². The van der Waals surface area contributed by atoms with Crippen molar-refractivity contribution in [3.63, 3.8) is 0 Å². The molecule has 1 aromatic rings. The van der Waals surface area contributed by atoms with E-state index in [9.17, 15) is 0 Å². The van der Waals surface area contributed by atoms with Gasteiger partial charge in [0.1, 0.15) is 0 Å². The molecule has 0 aliphatic carbocycles. The Bertz CT molecular complexity index is 266. The van der Waals surface area contributed by atoms with Gasteiger partial charge in [-0.05, 0) is 25.8 Å². The van der Waals surface area contributed by atoms with Crippen molar-refractivity contribution in [2.75, 3.05) is 6.54 Å². The monoisotopic (exact) mass is 181 g/mol. The summed E-state index contributed by atoms with van der Waals surface area (Å²) in [5, 5.41) is 7.26. The van der Waals surface area contributed by atoms with Crippen molar-refractivity contribution in [2.24, 2.45) is 0 Å². The van der Waals surface area contributed by atoms with Crippen molar-refractivity contribution in [3.8, 4) is 0 Å². The first-order chi connectivity index (χ1) is 6.40. The summed E-state index contributed by atoms with van der Waals surface area (Å²) in [5.74, 6) is 1.60. The van der Waals surface area contributed by atoms with Gasteiger partial charge < -0.3 is 9.84 Å². The number of aryl methyl sites for hydroxylation is 1. The van der Waals surface area contributed by atoms with Crippen molar-refractivity contribution >= 4 is 0 Å². The second-order valence-corrected chi connectivity index (χ2v) is 3.45. The topological polar surface area (TPSA) is 51.0 Å². The van der Waals surface area contributed by atoms with Crippen LogP contribution in [0.3, 0.4) is 0 Å². The number of nitrogens with one attached hydrogen (secondary N) is 1. The lowest BCUT2D eigenvalue weighted by Gasteiger charge is -2.01. The summed E-state index contributed by atoms with van der Waals surface area (Å²) < 4.78 is 5.18. The van der Waals surface area contributed by atoms with Crippen LogP contribution in [0.2, 0.25) is 0 Å². The standard InChI is InChI=1S/C9H15N3O/c1-2-4-8-11-9(13-12-8)7-5-3-6-10-7/h7,10H,2-6H2,1H3. The zero-order valence-corrected chi connectivity index (χ0v) is 7.92. The molecular formula is C9H15N3O. The first-order valence-electron chi connectivity index (χ1n) is 4.96. The zero-order chi connectivity index (χ0) is 9.10. The summed E-state index contributed by atoms with van der Waals surface area (Å²) in [6, 6.07) is 0.304. The van der Waals surface area contributed by atoms with Crippen LogP contribution in [-0.2, 0) is 6.42 Å². The van der Waals surface area contributed by atoms with Gasteiger partial charge in [0.15, 0.2) is 5.82 Å². The Morgan fingerprint density at radius 1 is 1.62 bits per heavy atom. The molecule has 4 heteroatoms.